The van der Waals surface area contributed by atoms with E-state index in [2.05, 4.69) is 0 Å². The molecule has 0 saturated heterocycles. The largest absolute Gasteiger partial charge is 0.464 e. The molecule has 0 spiro atoms. The van der Waals surface area contributed by atoms with Gasteiger partial charge in [0.1, 0.15) is 5.75 Å². The Morgan fingerprint density at radius 2 is 1.78 bits per heavy atom. The van der Waals surface area contributed by atoms with Gasteiger partial charge in [0.2, 0.25) is 0 Å². The Bertz CT molecular complexity index is 930. The quantitative estimate of drug-likeness (QED) is 0.751. The highest BCUT2D eigenvalue weighted by atomic mass is 16.6. The molecule has 1 aromatic heterocycles. The van der Waals surface area contributed by atoms with Crippen molar-refractivity contribution in [2.24, 2.45) is 0 Å². The lowest BCUT2D eigenvalue weighted by Crippen LogP contribution is -2.32. The van der Waals surface area contributed by atoms with Gasteiger partial charge in [-0.25, -0.2) is 0 Å². The van der Waals surface area contributed by atoms with Crippen LogP contribution in [0.25, 0.3) is 16.6 Å². The van der Waals surface area contributed by atoms with Gasteiger partial charge in [0.15, 0.2) is 6.29 Å². The number of para-hydroxylation sites is 2. The summed E-state index contributed by atoms with van der Waals surface area (Å²) in [5.74, 6) is 0.463. The van der Waals surface area contributed by atoms with Crippen LogP contribution in [0, 0.1) is 0 Å². The van der Waals surface area contributed by atoms with Gasteiger partial charge in [-0.2, -0.15) is 0 Å². The SMILES string of the molecule is CC1CC(O)Oc2c1c(=O)n(-c1ccccc1)c1ccccc21. The van der Waals surface area contributed by atoms with Crippen LogP contribution in [0.4, 0.5) is 0 Å². The summed E-state index contributed by atoms with van der Waals surface area (Å²) >= 11 is 0. The summed E-state index contributed by atoms with van der Waals surface area (Å²) in [7, 11) is 0. The Labute approximate surface area is 133 Å². The number of aliphatic hydroxyl groups is 1. The number of pyridine rings is 1. The molecule has 2 heterocycles. The first-order chi connectivity index (χ1) is 11.2. The molecular formula is C19H17NO3. The molecule has 0 saturated carbocycles. The highest BCUT2D eigenvalue weighted by molar-refractivity contribution is 5.88. The lowest BCUT2D eigenvalue weighted by atomic mass is 9.93. The fraction of sp³-hybridized carbons (Fsp3) is 0.211. The lowest BCUT2D eigenvalue weighted by molar-refractivity contribution is -0.0367. The number of benzene rings is 2. The fourth-order valence-corrected chi connectivity index (χ4v) is 3.33. The number of aromatic nitrogens is 1. The van der Waals surface area contributed by atoms with Gasteiger partial charge in [-0.15, -0.1) is 0 Å². The minimum absolute atomic E-state index is 0.0548. The molecule has 1 aliphatic rings. The molecule has 0 radical (unpaired) electrons. The zero-order chi connectivity index (χ0) is 16.0. The summed E-state index contributed by atoms with van der Waals surface area (Å²) in [5, 5.41) is 10.8. The number of ether oxygens (including phenoxy) is 1. The smallest absolute Gasteiger partial charge is 0.262 e. The molecule has 0 fully saturated rings. The summed E-state index contributed by atoms with van der Waals surface area (Å²) in [6.45, 7) is 1.95. The average Bonchev–Trinajstić information content (AvgIpc) is 2.55. The number of aliphatic hydroxyl groups excluding tert-OH is 1. The summed E-state index contributed by atoms with van der Waals surface area (Å²) in [5.41, 5.74) is 2.17. The molecule has 0 aliphatic carbocycles. The molecule has 23 heavy (non-hydrogen) atoms. The first-order valence-electron chi connectivity index (χ1n) is 7.74. The third kappa shape index (κ3) is 2.14. The van der Waals surface area contributed by atoms with Crippen LogP contribution < -0.4 is 10.3 Å². The maximum Gasteiger partial charge on any atom is 0.262 e. The van der Waals surface area contributed by atoms with Crippen molar-refractivity contribution in [3.8, 4) is 11.4 Å². The van der Waals surface area contributed by atoms with Crippen LogP contribution >= 0.6 is 0 Å². The van der Waals surface area contributed by atoms with Crippen molar-refractivity contribution in [2.75, 3.05) is 0 Å². The van der Waals surface area contributed by atoms with Crippen molar-refractivity contribution in [1.82, 2.24) is 4.57 Å². The van der Waals surface area contributed by atoms with E-state index in [4.69, 9.17) is 4.74 Å². The van der Waals surface area contributed by atoms with E-state index < -0.39 is 6.29 Å². The number of hydrogen-bond donors (Lipinski definition) is 1. The third-order valence-electron chi connectivity index (χ3n) is 4.38. The van der Waals surface area contributed by atoms with E-state index in [1.165, 1.54) is 0 Å². The number of hydrogen-bond acceptors (Lipinski definition) is 3. The van der Waals surface area contributed by atoms with E-state index in [0.717, 1.165) is 16.6 Å². The lowest BCUT2D eigenvalue weighted by Gasteiger charge is -2.28. The van der Waals surface area contributed by atoms with Gasteiger partial charge < -0.3 is 9.84 Å². The van der Waals surface area contributed by atoms with Crippen LogP contribution in [0.3, 0.4) is 0 Å². The van der Waals surface area contributed by atoms with Gasteiger partial charge in [0.05, 0.1) is 11.1 Å². The molecule has 3 aromatic rings. The second kappa shape index (κ2) is 5.25. The highest BCUT2D eigenvalue weighted by Gasteiger charge is 2.30. The van der Waals surface area contributed by atoms with Crippen LogP contribution in [0.5, 0.6) is 5.75 Å². The van der Waals surface area contributed by atoms with Crippen molar-refractivity contribution in [3.05, 3.63) is 70.5 Å². The average molecular weight is 307 g/mol. The van der Waals surface area contributed by atoms with Crippen molar-refractivity contribution in [1.29, 1.82) is 0 Å². The molecule has 2 unspecified atom stereocenters. The normalized spacial score (nSPS) is 20.1. The van der Waals surface area contributed by atoms with Gasteiger partial charge in [-0.05, 0) is 30.2 Å². The summed E-state index contributed by atoms with van der Waals surface area (Å²) in [6, 6.07) is 17.2. The Morgan fingerprint density at radius 3 is 2.57 bits per heavy atom. The van der Waals surface area contributed by atoms with Crippen LogP contribution in [0.1, 0.15) is 24.8 Å². The Balaban J connectivity index is 2.15. The van der Waals surface area contributed by atoms with E-state index in [9.17, 15) is 9.90 Å². The second-order valence-electron chi connectivity index (χ2n) is 5.95. The molecule has 1 aliphatic heterocycles. The Kier molecular flexibility index (Phi) is 3.20. The first kappa shape index (κ1) is 14.0. The minimum atomic E-state index is -0.868. The number of rotatable bonds is 1. The van der Waals surface area contributed by atoms with Crippen molar-refractivity contribution in [3.63, 3.8) is 0 Å². The molecule has 0 bridgehead atoms. The molecular weight excluding hydrogens is 290 g/mol. The molecule has 4 heteroatoms. The van der Waals surface area contributed by atoms with Crippen LogP contribution in [-0.2, 0) is 0 Å². The number of fused-ring (bicyclic) bond motifs is 3. The summed E-state index contributed by atoms with van der Waals surface area (Å²) in [4.78, 5) is 13.1. The molecule has 4 rings (SSSR count). The fourth-order valence-electron chi connectivity index (χ4n) is 3.33. The van der Waals surface area contributed by atoms with Crippen LogP contribution in [-0.4, -0.2) is 16.0 Å². The maximum atomic E-state index is 13.1. The van der Waals surface area contributed by atoms with E-state index in [1.54, 1.807) is 4.57 Å². The standard InChI is InChI=1S/C19H17NO3/c1-12-11-16(21)23-18-14-9-5-6-10-15(14)20(19(22)17(12)18)13-7-3-2-4-8-13/h2-10,12,16,21H,11H2,1H3. The maximum absolute atomic E-state index is 13.1. The predicted octanol–water partition coefficient (Wildman–Crippen LogP) is 3.20. The van der Waals surface area contributed by atoms with Crippen molar-refractivity contribution >= 4 is 10.9 Å². The van der Waals surface area contributed by atoms with E-state index in [-0.39, 0.29) is 11.5 Å². The molecule has 4 nitrogen and oxygen atoms in total. The van der Waals surface area contributed by atoms with E-state index >= 15 is 0 Å². The van der Waals surface area contributed by atoms with Gasteiger partial charge in [-0.1, -0.05) is 37.3 Å². The molecule has 2 aromatic carbocycles. The van der Waals surface area contributed by atoms with Gasteiger partial charge >= 0.3 is 0 Å². The molecule has 116 valence electrons. The predicted molar refractivity (Wildman–Crippen MR) is 89.2 cm³/mol. The van der Waals surface area contributed by atoms with Crippen LogP contribution in [0.15, 0.2) is 59.4 Å². The van der Waals surface area contributed by atoms with Crippen molar-refractivity contribution < 1.29 is 9.84 Å². The van der Waals surface area contributed by atoms with Gasteiger partial charge in [-0.3, -0.25) is 9.36 Å². The van der Waals surface area contributed by atoms with E-state index in [0.29, 0.717) is 17.7 Å². The number of nitrogens with zero attached hydrogens (tertiary/aromatic N) is 1. The summed E-state index contributed by atoms with van der Waals surface area (Å²) < 4.78 is 7.36. The molecule has 1 N–H and O–H groups in total. The Hall–Kier alpha value is -2.59. The van der Waals surface area contributed by atoms with Crippen molar-refractivity contribution in [2.45, 2.75) is 25.6 Å². The van der Waals surface area contributed by atoms with E-state index in [1.807, 2.05) is 61.5 Å². The molecule has 0 amide bonds. The van der Waals surface area contributed by atoms with Gasteiger partial charge in [0, 0.05) is 17.5 Å². The van der Waals surface area contributed by atoms with Crippen LogP contribution in [0.2, 0.25) is 0 Å². The second-order valence-corrected chi connectivity index (χ2v) is 5.95. The first-order valence-corrected chi connectivity index (χ1v) is 7.74. The Morgan fingerprint density at radius 1 is 1.09 bits per heavy atom. The molecule has 2 atom stereocenters. The monoisotopic (exact) mass is 307 g/mol. The summed E-state index contributed by atoms with van der Waals surface area (Å²) in [6.07, 6.45) is -0.442. The zero-order valence-electron chi connectivity index (χ0n) is 12.8. The van der Waals surface area contributed by atoms with Gasteiger partial charge in [0.25, 0.3) is 5.56 Å². The zero-order valence-corrected chi connectivity index (χ0v) is 12.8. The highest BCUT2D eigenvalue weighted by Crippen LogP contribution is 2.38. The topological polar surface area (TPSA) is 51.5 Å². The minimum Gasteiger partial charge on any atom is -0.464 e. The third-order valence-corrected chi connectivity index (χ3v) is 4.38.